The van der Waals surface area contributed by atoms with Crippen LogP contribution in [0.25, 0.3) is 21.5 Å². The fourth-order valence-electron chi connectivity index (χ4n) is 10.2. The molecule has 0 unspecified atom stereocenters. The third-order valence-corrected chi connectivity index (χ3v) is 13.2. The fraction of sp³-hybridized carbons (Fsp3) is 0.463. The Hall–Kier alpha value is -4.25. The molecule has 0 bridgehead atoms. The molecule has 4 nitrogen and oxygen atoms in total. The molecule has 0 atom stereocenters. The van der Waals surface area contributed by atoms with Crippen LogP contribution in [-0.2, 0) is 10.8 Å². The summed E-state index contributed by atoms with van der Waals surface area (Å²) >= 11 is 0. The first-order chi connectivity index (χ1) is 28.0. The van der Waals surface area contributed by atoms with Gasteiger partial charge in [0.15, 0.2) is 5.71 Å². The summed E-state index contributed by atoms with van der Waals surface area (Å²) in [6.45, 7) is 14.3. The molecule has 0 spiro atoms. The molecule has 2 heterocycles. The lowest BCUT2D eigenvalue weighted by molar-refractivity contribution is -0.438. The Morgan fingerprint density at radius 3 is 1.93 bits per heavy atom. The van der Waals surface area contributed by atoms with Gasteiger partial charge >= 0.3 is 0 Å². The zero-order chi connectivity index (χ0) is 40.9. The second-order valence-corrected chi connectivity index (χ2v) is 18.9. The molecular formula is C54H71N4+. The van der Waals surface area contributed by atoms with Crippen molar-refractivity contribution in [2.45, 2.75) is 109 Å². The smallest absolute Gasteiger partial charge is 0.210 e. The highest BCUT2D eigenvalue weighted by Gasteiger charge is 2.45. The van der Waals surface area contributed by atoms with Crippen LogP contribution in [0.4, 0.5) is 11.4 Å². The third-order valence-electron chi connectivity index (χ3n) is 13.2. The van der Waals surface area contributed by atoms with Crippen LogP contribution in [-0.4, -0.2) is 74.5 Å². The Kier molecular flexibility index (Phi) is 13.3. The summed E-state index contributed by atoms with van der Waals surface area (Å²) in [6, 6.07) is 27.4. The summed E-state index contributed by atoms with van der Waals surface area (Å²) in [5.74, 6) is 0. The Bertz CT molecular complexity index is 2240. The molecule has 7 rings (SSSR count). The molecule has 4 heteroatoms. The predicted molar refractivity (Wildman–Crippen MR) is 252 cm³/mol. The first-order valence-electron chi connectivity index (χ1n) is 22.5. The van der Waals surface area contributed by atoms with Gasteiger partial charge in [0.25, 0.3) is 0 Å². The molecule has 0 fully saturated rings. The van der Waals surface area contributed by atoms with Crippen molar-refractivity contribution in [2.24, 2.45) is 0 Å². The molecule has 0 saturated heterocycles. The van der Waals surface area contributed by atoms with E-state index in [1.807, 2.05) is 0 Å². The minimum absolute atomic E-state index is 0.0843. The SMILES string of the molecule is CN(C)CCCCCCN1/C(=C\C=C2C=C(/C=C/C3=[N+](CCCCCCN(C)C)c4ccc5ccccc5c4C3(C)C)CCC\2)C(C)(C)c2c1ccc1ccccc21. The molecule has 0 amide bonds. The highest BCUT2D eigenvalue weighted by Crippen LogP contribution is 2.51. The Morgan fingerprint density at radius 1 is 0.621 bits per heavy atom. The van der Waals surface area contributed by atoms with Gasteiger partial charge in [-0.3, -0.25) is 0 Å². The van der Waals surface area contributed by atoms with Gasteiger partial charge in [0.1, 0.15) is 6.54 Å². The summed E-state index contributed by atoms with van der Waals surface area (Å²) in [4.78, 5) is 7.27. The van der Waals surface area contributed by atoms with Crippen LogP contribution in [0.5, 0.6) is 0 Å². The minimum Gasteiger partial charge on any atom is -0.344 e. The molecule has 58 heavy (non-hydrogen) atoms. The fourth-order valence-corrected chi connectivity index (χ4v) is 10.2. The van der Waals surface area contributed by atoms with Gasteiger partial charge < -0.3 is 14.7 Å². The Balaban J connectivity index is 1.16. The van der Waals surface area contributed by atoms with Gasteiger partial charge in [0.2, 0.25) is 5.69 Å². The van der Waals surface area contributed by atoms with E-state index in [4.69, 9.17) is 0 Å². The maximum Gasteiger partial charge on any atom is 0.210 e. The van der Waals surface area contributed by atoms with Crippen LogP contribution in [0.3, 0.4) is 0 Å². The third kappa shape index (κ3) is 8.99. The van der Waals surface area contributed by atoms with E-state index in [1.165, 1.54) is 137 Å². The van der Waals surface area contributed by atoms with E-state index in [2.05, 4.69) is 178 Å². The molecule has 0 aromatic heterocycles. The lowest BCUT2D eigenvalue weighted by atomic mass is 9.79. The number of unbranched alkanes of at least 4 members (excludes halogenated alkanes) is 6. The van der Waals surface area contributed by atoms with Gasteiger partial charge in [0.05, 0.1) is 5.41 Å². The average molecular weight is 776 g/mol. The van der Waals surface area contributed by atoms with Crippen molar-refractivity contribution in [3.8, 4) is 0 Å². The molecule has 4 aromatic rings. The lowest BCUT2D eigenvalue weighted by Gasteiger charge is -2.27. The van der Waals surface area contributed by atoms with Gasteiger partial charge in [-0.05, 0) is 157 Å². The highest BCUT2D eigenvalue weighted by molar-refractivity contribution is 6.07. The summed E-state index contributed by atoms with van der Waals surface area (Å²) in [5.41, 5.74) is 11.3. The summed E-state index contributed by atoms with van der Waals surface area (Å²) in [7, 11) is 8.72. The van der Waals surface area contributed by atoms with E-state index in [1.54, 1.807) is 0 Å². The van der Waals surface area contributed by atoms with E-state index in [9.17, 15) is 0 Å². The van der Waals surface area contributed by atoms with E-state index in [0.29, 0.717) is 0 Å². The van der Waals surface area contributed by atoms with Crippen molar-refractivity contribution < 1.29 is 4.58 Å². The van der Waals surface area contributed by atoms with Gasteiger partial charge in [-0.25, -0.2) is 0 Å². The predicted octanol–water partition coefficient (Wildman–Crippen LogP) is 12.9. The zero-order valence-corrected chi connectivity index (χ0v) is 37.2. The van der Waals surface area contributed by atoms with Crippen LogP contribution < -0.4 is 4.90 Å². The topological polar surface area (TPSA) is 12.7 Å². The summed E-state index contributed by atoms with van der Waals surface area (Å²) in [6.07, 6.45) is 25.9. The minimum atomic E-state index is -0.0843. The largest absolute Gasteiger partial charge is 0.344 e. The van der Waals surface area contributed by atoms with Crippen LogP contribution in [0.1, 0.15) is 109 Å². The molecule has 0 saturated carbocycles. The Morgan fingerprint density at radius 2 is 1.24 bits per heavy atom. The number of allylic oxidation sites excluding steroid dienone is 8. The standard InChI is InChI=1S/C54H71N4/c1-53(2)49(57(38-19-11-9-17-36-55(5)6)47-32-30-43-24-13-15-26-45(43)51(47)53)34-28-41-22-21-23-42(40-41)29-35-50-54(3,4)52-46-27-16-14-25-44(46)31-33-48(52)58(50)39-20-12-10-18-37-56(7)8/h13-16,24-35,40H,9-12,17-23,36-39H2,1-8H3/q+1. The molecular weight excluding hydrogens is 705 g/mol. The number of benzene rings is 4. The molecule has 1 aliphatic carbocycles. The van der Waals surface area contributed by atoms with Crippen molar-refractivity contribution in [1.82, 2.24) is 9.80 Å². The van der Waals surface area contributed by atoms with Gasteiger partial charge in [-0.15, -0.1) is 0 Å². The number of hydrogen-bond donors (Lipinski definition) is 0. The monoisotopic (exact) mass is 776 g/mol. The summed E-state index contributed by atoms with van der Waals surface area (Å²) < 4.78 is 2.66. The second-order valence-electron chi connectivity index (χ2n) is 18.9. The van der Waals surface area contributed by atoms with Crippen LogP contribution >= 0.6 is 0 Å². The molecule has 0 N–H and O–H groups in total. The maximum atomic E-state index is 2.66. The van der Waals surface area contributed by atoms with Crippen LogP contribution in [0, 0.1) is 0 Å². The highest BCUT2D eigenvalue weighted by atomic mass is 15.2. The van der Waals surface area contributed by atoms with Crippen molar-refractivity contribution in [1.29, 1.82) is 0 Å². The van der Waals surface area contributed by atoms with E-state index >= 15 is 0 Å². The van der Waals surface area contributed by atoms with Crippen molar-refractivity contribution in [3.05, 3.63) is 131 Å². The molecule has 2 aliphatic heterocycles. The lowest BCUT2D eigenvalue weighted by Crippen LogP contribution is -2.28. The molecule has 3 aliphatic rings. The number of fused-ring (bicyclic) bond motifs is 6. The second kappa shape index (κ2) is 18.3. The van der Waals surface area contributed by atoms with Crippen molar-refractivity contribution in [2.75, 3.05) is 59.3 Å². The first-order valence-corrected chi connectivity index (χ1v) is 22.5. The van der Waals surface area contributed by atoms with Gasteiger partial charge in [-0.1, -0.05) is 106 Å². The van der Waals surface area contributed by atoms with Crippen LogP contribution in [0.2, 0.25) is 0 Å². The van der Waals surface area contributed by atoms with Crippen molar-refractivity contribution >= 4 is 38.6 Å². The molecule has 0 radical (unpaired) electrons. The Labute approximate surface area is 351 Å². The number of nitrogens with zero attached hydrogens (tertiary/aromatic N) is 4. The van der Waals surface area contributed by atoms with E-state index in [-0.39, 0.29) is 10.8 Å². The van der Waals surface area contributed by atoms with Crippen LogP contribution in [0.15, 0.2) is 120 Å². The summed E-state index contributed by atoms with van der Waals surface area (Å²) in [5, 5.41) is 5.45. The quantitative estimate of drug-likeness (QED) is 0.0783. The molecule has 306 valence electrons. The normalized spacial score (nSPS) is 18.9. The first kappa shape index (κ1) is 41.9. The van der Waals surface area contributed by atoms with Crippen molar-refractivity contribution in [3.63, 3.8) is 0 Å². The number of hydrogen-bond acceptors (Lipinski definition) is 3. The van der Waals surface area contributed by atoms with Gasteiger partial charge in [-0.2, -0.15) is 4.58 Å². The van der Waals surface area contributed by atoms with E-state index in [0.717, 1.165) is 25.9 Å². The average Bonchev–Trinajstić information content (AvgIpc) is 3.56. The molecule has 4 aromatic carbocycles. The van der Waals surface area contributed by atoms with Gasteiger partial charge in [0, 0.05) is 47.5 Å². The zero-order valence-electron chi connectivity index (χ0n) is 37.2. The number of rotatable bonds is 17. The number of anilines is 1. The van der Waals surface area contributed by atoms with E-state index < -0.39 is 0 Å². The maximum absolute atomic E-state index is 2.66.